The fraction of sp³-hybridized carbons (Fsp3) is 0.250. The Morgan fingerprint density at radius 1 is 1.25 bits per heavy atom. The van der Waals surface area contributed by atoms with Gasteiger partial charge in [-0.3, -0.25) is 0 Å². The Kier molecular flexibility index (Phi) is 2.86. The smallest absolute Gasteiger partial charge is 0.126 e. The molecule has 2 nitrogen and oxygen atoms in total. The molecule has 0 fully saturated rings. The lowest BCUT2D eigenvalue weighted by Crippen LogP contribution is -2.37. The summed E-state index contributed by atoms with van der Waals surface area (Å²) in [7, 11) is -1.33. The van der Waals surface area contributed by atoms with Crippen LogP contribution < -0.4 is 5.19 Å². The summed E-state index contributed by atoms with van der Waals surface area (Å²) < 4.78 is 0. The highest BCUT2D eigenvalue weighted by Gasteiger charge is 2.18. The van der Waals surface area contributed by atoms with Crippen molar-refractivity contribution in [2.75, 3.05) is 0 Å². The van der Waals surface area contributed by atoms with Crippen LogP contribution >= 0.6 is 11.3 Å². The molecule has 0 aliphatic heterocycles. The van der Waals surface area contributed by atoms with Gasteiger partial charge in [-0.15, -0.1) is 11.3 Å². The van der Waals surface area contributed by atoms with Crippen LogP contribution in [-0.2, 0) is 0 Å². The number of nitrogens with zero attached hydrogens (tertiary/aromatic N) is 1. The van der Waals surface area contributed by atoms with E-state index in [1.165, 1.54) is 5.19 Å². The van der Waals surface area contributed by atoms with Crippen molar-refractivity contribution >= 4 is 24.6 Å². The van der Waals surface area contributed by atoms with Crippen LogP contribution in [0.25, 0.3) is 10.6 Å². The number of rotatable bonds is 2. The fourth-order valence-electron chi connectivity index (χ4n) is 1.53. The van der Waals surface area contributed by atoms with Gasteiger partial charge in [0, 0.05) is 11.6 Å². The molecular weight excluding hydrogens is 234 g/mol. The SMILES string of the molecule is C[Si](C)(C)c1ccc(O)c(-c2nccs2)c1. The van der Waals surface area contributed by atoms with Gasteiger partial charge in [0.15, 0.2) is 0 Å². The maximum absolute atomic E-state index is 9.85. The number of aromatic nitrogens is 1. The molecule has 1 aromatic carbocycles. The van der Waals surface area contributed by atoms with Crippen LogP contribution in [0, 0.1) is 0 Å². The van der Waals surface area contributed by atoms with E-state index in [1.807, 2.05) is 11.4 Å². The van der Waals surface area contributed by atoms with Gasteiger partial charge in [-0.05, 0) is 12.1 Å². The Morgan fingerprint density at radius 2 is 2.00 bits per heavy atom. The molecule has 1 aromatic heterocycles. The summed E-state index contributed by atoms with van der Waals surface area (Å²) >= 11 is 1.55. The Labute approximate surface area is 101 Å². The monoisotopic (exact) mass is 249 g/mol. The number of phenols is 1. The average Bonchev–Trinajstić information content (AvgIpc) is 2.69. The maximum Gasteiger partial charge on any atom is 0.126 e. The van der Waals surface area contributed by atoms with Crippen molar-refractivity contribution in [3.8, 4) is 16.3 Å². The minimum absolute atomic E-state index is 0.317. The van der Waals surface area contributed by atoms with Crippen molar-refractivity contribution in [1.29, 1.82) is 0 Å². The number of benzene rings is 1. The van der Waals surface area contributed by atoms with Crippen molar-refractivity contribution in [1.82, 2.24) is 4.98 Å². The molecule has 0 aliphatic rings. The third-order valence-corrected chi connectivity index (χ3v) is 5.37. The zero-order valence-corrected chi connectivity index (χ0v) is 11.5. The van der Waals surface area contributed by atoms with Crippen LogP contribution in [0.1, 0.15) is 0 Å². The third-order valence-electron chi connectivity index (χ3n) is 2.53. The van der Waals surface area contributed by atoms with Crippen molar-refractivity contribution in [3.63, 3.8) is 0 Å². The van der Waals surface area contributed by atoms with Crippen molar-refractivity contribution in [3.05, 3.63) is 29.8 Å². The Hall–Kier alpha value is -1.13. The number of hydrogen-bond donors (Lipinski definition) is 1. The molecule has 0 saturated heterocycles. The minimum atomic E-state index is -1.33. The standard InChI is InChI=1S/C12H15NOSSi/c1-16(2,3)9-4-5-11(14)10(8-9)12-13-6-7-15-12/h4-8,14H,1-3H3. The lowest BCUT2D eigenvalue weighted by Gasteiger charge is -2.17. The topological polar surface area (TPSA) is 33.1 Å². The molecule has 0 aliphatic carbocycles. The van der Waals surface area contributed by atoms with E-state index in [0.717, 1.165) is 10.6 Å². The van der Waals surface area contributed by atoms with Gasteiger partial charge in [0.05, 0.1) is 13.6 Å². The molecule has 0 unspecified atom stereocenters. The highest BCUT2D eigenvalue weighted by Crippen LogP contribution is 2.29. The van der Waals surface area contributed by atoms with Gasteiger partial charge >= 0.3 is 0 Å². The van der Waals surface area contributed by atoms with Crippen LogP contribution in [0.3, 0.4) is 0 Å². The van der Waals surface area contributed by atoms with E-state index in [4.69, 9.17) is 0 Å². The second kappa shape index (κ2) is 4.03. The summed E-state index contributed by atoms with van der Waals surface area (Å²) in [5.74, 6) is 0.317. The first-order chi connectivity index (χ1) is 7.48. The van der Waals surface area contributed by atoms with Crippen molar-refractivity contribution in [2.24, 2.45) is 0 Å². The van der Waals surface area contributed by atoms with Gasteiger partial charge in [0.1, 0.15) is 10.8 Å². The Morgan fingerprint density at radius 3 is 2.56 bits per heavy atom. The normalized spacial score (nSPS) is 11.7. The Balaban J connectivity index is 2.54. The average molecular weight is 249 g/mol. The Bertz CT molecular complexity index is 488. The van der Waals surface area contributed by atoms with Gasteiger partial charge < -0.3 is 5.11 Å². The summed E-state index contributed by atoms with van der Waals surface area (Å²) in [6.45, 7) is 6.89. The third kappa shape index (κ3) is 2.17. The largest absolute Gasteiger partial charge is 0.507 e. The van der Waals surface area contributed by atoms with Gasteiger partial charge in [-0.2, -0.15) is 0 Å². The van der Waals surface area contributed by atoms with Crippen LogP contribution in [-0.4, -0.2) is 18.2 Å². The van der Waals surface area contributed by atoms with Gasteiger partial charge in [-0.1, -0.05) is 30.9 Å². The fourth-order valence-corrected chi connectivity index (χ4v) is 3.35. The zero-order chi connectivity index (χ0) is 11.8. The molecule has 84 valence electrons. The molecule has 1 heterocycles. The van der Waals surface area contributed by atoms with E-state index in [9.17, 15) is 5.11 Å². The van der Waals surface area contributed by atoms with E-state index in [-0.39, 0.29) is 0 Å². The summed E-state index contributed by atoms with van der Waals surface area (Å²) in [5, 5.41) is 14.0. The number of hydrogen-bond acceptors (Lipinski definition) is 3. The number of phenolic OH excluding ortho intramolecular Hbond substituents is 1. The predicted molar refractivity (Wildman–Crippen MR) is 72.2 cm³/mol. The van der Waals surface area contributed by atoms with E-state index in [2.05, 4.69) is 30.7 Å². The van der Waals surface area contributed by atoms with E-state index >= 15 is 0 Å². The van der Waals surface area contributed by atoms with Gasteiger partial charge in [-0.25, -0.2) is 4.98 Å². The molecule has 16 heavy (non-hydrogen) atoms. The zero-order valence-electron chi connectivity index (χ0n) is 9.69. The van der Waals surface area contributed by atoms with Crippen LogP contribution in [0.2, 0.25) is 19.6 Å². The van der Waals surface area contributed by atoms with Gasteiger partial charge in [0.25, 0.3) is 0 Å². The molecule has 0 saturated carbocycles. The molecule has 2 aromatic rings. The number of thiazole rings is 1. The lowest BCUT2D eigenvalue weighted by molar-refractivity contribution is 0.477. The molecule has 1 N–H and O–H groups in total. The van der Waals surface area contributed by atoms with E-state index in [0.29, 0.717) is 5.75 Å². The van der Waals surface area contributed by atoms with E-state index < -0.39 is 8.07 Å². The van der Waals surface area contributed by atoms with Crippen molar-refractivity contribution in [2.45, 2.75) is 19.6 Å². The molecule has 0 radical (unpaired) electrons. The quantitative estimate of drug-likeness (QED) is 0.830. The number of aromatic hydroxyl groups is 1. The summed E-state index contributed by atoms with van der Waals surface area (Å²) in [6, 6.07) is 5.89. The molecule has 0 bridgehead atoms. The summed E-state index contributed by atoms with van der Waals surface area (Å²) in [4.78, 5) is 4.24. The summed E-state index contributed by atoms with van der Waals surface area (Å²) in [5.41, 5.74) is 0.856. The van der Waals surface area contributed by atoms with Crippen LogP contribution in [0.5, 0.6) is 5.75 Å². The molecule has 0 atom stereocenters. The molecule has 0 spiro atoms. The van der Waals surface area contributed by atoms with Crippen molar-refractivity contribution < 1.29 is 5.11 Å². The molecule has 2 rings (SSSR count). The molecule has 0 amide bonds. The first-order valence-electron chi connectivity index (χ1n) is 5.22. The van der Waals surface area contributed by atoms with E-state index in [1.54, 1.807) is 23.6 Å². The van der Waals surface area contributed by atoms with Crippen LogP contribution in [0.15, 0.2) is 29.8 Å². The predicted octanol–water partition coefficient (Wildman–Crippen LogP) is 3.06. The molecular formula is C12H15NOSSi. The summed E-state index contributed by atoms with van der Waals surface area (Å²) in [6.07, 6.45) is 1.76. The molecule has 4 heteroatoms. The second-order valence-corrected chi connectivity index (χ2v) is 10.8. The first-order valence-corrected chi connectivity index (χ1v) is 9.60. The second-order valence-electron chi connectivity index (χ2n) is 4.82. The lowest BCUT2D eigenvalue weighted by atomic mass is 10.2. The minimum Gasteiger partial charge on any atom is -0.507 e. The maximum atomic E-state index is 9.85. The highest BCUT2D eigenvalue weighted by molar-refractivity contribution is 7.13. The van der Waals surface area contributed by atoms with Gasteiger partial charge in [0.2, 0.25) is 0 Å². The first kappa shape index (κ1) is 11.4. The van der Waals surface area contributed by atoms with Crippen LogP contribution in [0.4, 0.5) is 0 Å². The highest BCUT2D eigenvalue weighted by atomic mass is 32.1.